The molecular weight excluding hydrogens is 273 g/mol. The first-order valence-corrected chi connectivity index (χ1v) is 6.34. The molecular formula is C16H14FNO3. The van der Waals surface area contributed by atoms with E-state index in [0.717, 1.165) is 5.56 Å². The van der Waals surface area contributed by atoms with Gasteiger partial charge in [-0.25, -0.2) is 9.18 Å². The van der Waals surface area contributed by atoms with Gasteiger partial charge in [0.15, 0.2) is 6.10 Å². The second kappa shape index (κ2) is 6.65. The third-order valence-corrected chi connectivity index (χ3v) is 2.75. The van der Waals surface area contributed by atoms with Crippen LogP contribution >= 0.6 is 0 Å². The van der Waals surface area contributed by atoms with Gasteiger partial charge >= 0.3 is 5.97 Å². The summed E-state index contributed by atoms with van der Waals surface area (Å²) in [4.78, 5) is 14.7. The van der Waals surface area contributed by atoms with Crippen LogP contribution in [-0.4, -0.2) is 23.4 Å². The highest BCUT2D eigenvalue weighted by Gasteiger charge is 2.11. The molecule has 0 heterocycles. The van der Waals surface area contributed by atoms with E-state index in [1.807, 2.05) is 0 Å². The van der Waals surface area contributed by atoms with Crippen LogP contribution in [0.3, 0.4) is 0 Å². The fraction of sp³-hybridized carbons (Fsp3) is 0.125. The van der Waals surface area contributed by atoms with Crippen molar-refractivity contribution in [3.63, 3.8) is 0 Å². The third kappa shape index (κ3) is 4.14. The Labute approximate surface area is 121 Å². The molecule has 0 aliphatic carbocycles. The largest absolute Gasteiger partial charge is 0.479 e. The number of aliphatic imine (C=N–C) groups is 1. The monoisotopic (exact) mass is 287 g/mol. The number of para-hydroxylation sites is 1. The number of carbonyl (C=O) groups is 1. The molecule has 0 aromatic heterocycles. The van der Waals surface area contributed by atoms with E-state index in [0.29, 0.717) is 5.75 Å². The number of halogens is 1. The Morgan fingerprint density at radius 2 is 1.90 bits per heavy atom. The topological polar surface area (TPSA) is 58.9 Å². The van der Waals surface area contributed by atoms with E-state index in [-0.39, 0.29) is 11.5 Å². The summed E-state index contributed by atoms with van der Waals surface area (Å²) in [5, 5.41) is 8.75. The van der Waals surface area contributed by atoms with Crippen molar-refractivity contribution >= 4 is 17.9 Å². The normalized spacial score (nSPS) is 12.3. The van der Waals surface area contributed by atoms with Crippen molar-refractivity contribution in [2.45, 2.75) is 13.0 Å². The number of ether oxygens (including phenoxy) is 1. The van der Waals surface area contributed by atoms with E-state index in [2.05, 4.69) is 4.99 Å². The number of hydrogen-bond acceptors (Lipinski definition) is 3. The number of hydrogen-bond donors (Lipinski definition) is 1. The van der Waals surface area contributed by atoms with Gasteiger partial charge in [-0.2, -0.15) is 0 Å². The van der Waals surface area contributed by atoms with E-state index in [1.165, 1.54) is 19.2 Å². The van der Waals surface area contributed by atoms with Gasteiger partial charge in [-0.1, -0.05) is 12.1 Å². The second-order valence-electron chi connectivity index (χ2n) is 4.38. The lowest BCUT2D eigenvalue weighted by molar-refractivity contribution is -0.144. The van der Waals surface area contributed by atoms with E-state index >= 15 is 0 Å². The molecule has 1 atom stereocenters. The lowest BCUT2D eigenvalue weighted by Gasteiger charge is -2.09. The van der Waals surface area contributed by atoms with E-state index < -0.39 is 12.1 Å². The fourth-order valence-corrected chi connectivity index (χ4v) is 1.59. The Bertz CT molecular complexity index is 653. The molecule has 0 amide bonds. The fourth-order valence-electron chi connectivity index (χ4n) is 1.59. The Morgan fingerprint density at radius 3 is 2.52 bits per heavy atom. The highest BCUT2D eigenvalue weighted by atomic mass is 19.1. The van der Waals surface area contributed by atoms with Crippen molar-refractivity contribution < 1.29 is 19.0 Å². The molecule has 21 heavy (non-hydrogen) atoms. The Hall–Kier alpha value is -2.69. The first-order chi connectivity index (χ1) is 10.1. The summed E-state index contributed by atoms with van der Waals surface area (Å²) < 4.78 is 18.6. The van der Waals surface area contributed by atoms with Crippen LogP contribution in [0.1, 0.15) is 12.5 Å². The van der Waals surface area contributed by atoms with E-state index in [4.69, 9.17) is 9.84 Å². The van der Waals surface area contributed by atoms with Gasteiger partial charge in [0.1, 0.15) is 11.6 Å². The molecule has 2 rings (SSSR count). The lowest BCUT2D eigenvalue weighted by atomic mass is 10.2. The van der Waals surface area contributed by atoms with Gasteiger partial charge in [0.25, 0.3) is 0 Å². The summed E-state index contributed by atoms with van der Waals surface area (Å²) in [7, 11) is 0. The van der Waals surface area contributed by atoms with Crippen molar-refractivity contribution in [1.82, 2.24) is 0 Å². The number of benzene rings is 2. The highest BCUT2D eigenvalue weighted by molar-refractivity contribution is 5.82. The van der Waals surface area contributed by atoms with Crippen molar-refractivity contribution in [2.75, 3.05) is 0 Å². The quantitative estimate of drug-likeness (QED) is 0.857. The zero-order chi connectivity index (χ0) is 15.2. The Balaban J connectivity index is 2.06. The summed E-state index contributed by atoms with van der Waals surface area (Å²) in [5.41, 5.74) is 1.02. The molecule has 2 aromatic carbocycles. The minimum Gasteiger partial charge on any atom is -0.479 e. The highest BCUT2D eigenvalue weighted by Crippen LogP contribution is 2.17. The summed E-state index contributed by atoms with van der Waals surface area (Å²) in [5.74, 6) is -0.961. The molecule has 0 bridgehead atoms. The predicted molar refractivity (Wildman–Crippen MR) is 77.8 cm³/mol. The van der Waals surface area contributed by atoms with Gasteiger partial charge in [0.2, 0.25) is 0 Å². The lowest BCUT2D eigenvalue weighted by Crippen LogP contribution is -2.22. The Kier molecular flexibility index (Phi) is 4.66. The van der Waals surface area contributed by atoms with Crippen LogP contribution in [0.4, 0.5) is 10.1 Å². The smallest absolute Gasteiger partial charge is 0.344 e. The maximum atomic E-state index is 13.4. The minimum atomic E-state index is -1.03. The van der Waals surface area contributed by atoms with Gasteiger partial charge in [0, 0.05) is 6.21 Å². The molecule has 0 aliphatic rings. The van der Waals surface area contributed by atoms with Crippen molar-refractivity contribution in [3.8, 4) is 5.75 Å². The zero-order valence-corrected chi connectivity index (χ0v) is 11.4. The average molecular weight is 287 g/mol. The molecule has 0 saturated carbocycles. The summed E-state index contributed by atoms with van der Waals surface area (Å²) in [6, 6.07) is 13.0. The van der Waals surface area contributed by atoms with Crippen molar-refractivity contribution in [2.24, 2.45) is 4.99 Å². The molecule has 0 aliphatic heterocycles. The molecule has 0 radical (unpaired) electrons. The van der Waals surface area contributed by atoms with Crippen molar-refractivity contribution in [3.05, 3.63) is 59.9 Å². The predicted octanol–water partition coefficient (Wildman–Crippen LogP) is 3.43. The van der Waals surface area contributed by atoms with Crippen LogP contribution in [0.2, 0.25) is 0 Å². The van der Waals surface area contributed by atoms with Crippen LogP contribution in [0.25, 0.3) is 0 Å². The van der Waals surface area contributed by atoms with Gasteiger partial charge in [-0.15, -0.1) is 0 Å². The van der Waals surface area contributed by atoms with Gasteiger partial charge in [-0.05, 0) is 48.9 Å². The summed E-state index contributed by atoms with van der Waals surface area (Å²) in [6.07, 6.45) is 0.617. The number of aliphatic carboxylic acids is 1. The molecule has 5 heteroatoms. The van der Waals surface area contributed by atoms with E-state index in [1.54, 1.807) is 42.5 Å². The summed E-state index contributed by atoms with van der Waals surface area (Å²) in [6.45, 7) is 1.45. The van der Waals surface area contributed by atoms with Crippen LogP contribution in [-0.2, 0) is 4.79 Å². The van der Waals surface area contributed by atoms with E-state index in [9.17, 15) is 9.18 Å². The maximum Gasteiger partial charge on any atom is 0.344 e. The zero-order valence-electron chi connectivity index (χ0n) is 11.4. The number of carboxylic acids is 1. The Morgan fingerprint density at radius 1 is 1.24 bits per heavy atom. The molecule has 0 fully saturated rings. The number of nitrogens with zero attached hydrogens (tertiary/aromatic N) is 1. The minimum absolute atomic E-state index is 0.261. The first kappa shape index (κ1) is 14.7. The standard InChI is InChI=1S/C16H14FNO3/c1-11(16(19)20)21-13-8-6-12(7-9-13)10-18-15-5-3-2-4-14(15)17/h2-11H,1H3,(H,19,20)/t11-/m0/s1. The van der Waals surface area contributed by atoms with Crippen LogP contribution in [0.15, 0.2) is 53.5 Å². The number of carboxylic acid groups (broad SMARTS) is 1. The molecule has 108 valence electrons. The molecule has 4 nitrogen and oxygen atoms in total. The van der Waals surface area contributed by atoms with Crippen LogP contribution in [0, 0.1) is 5.82 Å². The number of rotatable bonds is 5. The summed E-state index contributed by atoms with van der Waals surface area (Å²) >= 11 is 0. The van der Waals surface area contributed by atoms with Gasteiger partial charge < -0.3 is 9.84 Å². The van der Waals surface area contributed by atoms with Crippen LogP contribution < -0.4 is 4.74 Å². The average Bonchev–Trinajstić information content (AvgIpc) is 2.48. The van der Waals surface area contributed by atoms with Crippen LogP contribution in [0.5, 0.6) is 5.75 Å². The second-order valence-corrected chi connectivity index (χ2v) is 4.38. The van der Waals surface area contributed by atoms with Gasteiger partial charge in [0.05, 0.1) is 5.69 Å². The molecule has 0 unspecified atom stereocenters. The van der Waals surface area contributed by atoms with Crippen molar-refractivity contribution in [1.29, 1.82) is 0 Å². The van der Waals surface area contributed by atoms with Gasteiger partial charge in [-0.3, -0.25) is 4.99 Å². The molecule has 2 aromatic rings. The SMILES string of the molecule is C[C@H](Oc1ccc(C=Nc2ccccc2F)cc1)C(=O)O. The molecule has 1 N–H and O–H groups in total. The first-order valence-electron chi connectivity index (χ1n) is 6.34. The third-order valence-electron chi connectivity index (χ3n) is 2.75. The molecule has 0 saturated heterocycles. The maximum absolute atomic E-state index is 13.4. The molecule has 0 spiro atoms.